The molecule has 0 spiro atoms. The highest BCUT2D eigenvalue weighted by Crippen LogP contribution is 2.62. The maximum Gasteiger partial charge on any atom is 0.412 e. The van der Waals surface area contributed by atoms with Crippen molar-refractivity contribution in [3.63, 3.8) is 0 Å². The quantitative estimate of drug-likeness (QED) is 0.0184. The zero-order valence-electron chi connectivity index (χ0n) is 42.9. The van der Waals surface area contributed by atoms with Crippen LogP contribution in [0.3, 0.4) is 0 Å². The van der Waals surface area contributed by atoms with Crippen LogP contribution < -0.4 is 14.8 Å². The Balaban J connectivity index is 1.43. The summed E-state index contributed by atoms with van der Waals surface area (Å²) in [5, 5.41) is 39.1. The maximum absolute atomic E-state index is 15.1. The minimum absolute atomic E-state index is 0.00682. The summed E-state index contributed by atoms with van der Waals surface area (Å²) in [7, 11) is 0. The van der Waals surface area contributed by atoms with Crippen molar-refractivity contribution in [3.05, 3.63) is 130 Å². The van der Waals surface area contributed by atoms with E-state index >= 15 is 4.79 Å². The van der Waals surface area contributed by atoms with Crippen LogP contribution in [-0.2, 0) is 20.9 Å². The van der Waals surface area contributed by atoms with E-state index in [2.05, 4.69) is 24.9 Å². The number of aliphatic hydroxyl groups excluding tert-OH is 2. The molecule has 0 saturated heterocycles. The summed E-state index contributed by atoms with van der Waals surface area (Å²) in [4.78, 5) is 47.0. The number of hydrogen-bond donors (Lipinski definition) is 3. The second-order valence-corrected chi connectivity index (χ2v) is 19.5. The molecule has 1 heterocycles. The van der Waals surface area contributed by atoms with E-state index < -0.39 is 40.5 Å². The van der Waals surface area contributed by atoms with E-state index in [-0.39, 0.29) is 62.8 Å². The lowest BCUT2D eigenvalue weighted by Crippen LogP contribution is -2.70. The number of ether oxygens (including phenoxy) is 3. The van der Waals surface area contributed by atoms with Gasteiger partial charge in [-0.25, -0.2) is 9.18 Å². The number of nitro groups is 1. The van der Waals surface area contributed by atoms with Crippen LogP contribution in [0, 0.1) is 33.7 Å². The van der Waals surface area contributed by atoms with Crippen molar-refractivity contribution in [2.45, 2.75) is 147 Å². The normalized spacial score (nSPS) is 21.4. The molecule has 3 aromatic rings. The highest BCUT2D eigenvalue weighted by molar-refractivity contribution is 6.03. The molecule has 2 amide bonds. The summed E-state index contributed by atoms with van der Waals surface area (Å²) in [6.45, 7) is 8.98. The highest BCUT2D eigenvalue weighted by Gasteiger charge is 2.65. The summed E-state index contributed by atoms with van der Waals surface area (Å²) >= 11 is 0. The molecule has 2 aliphatic carbocycles. The van der Waals surface area contributed by atoms with Crippen LogP contribution in [0.1, 0.15) is 146 Å². The molecule has 73 heavy (non-hydrogen) atoms. The van der Waals surface area contributed by atoms with Crippen LogP contribution in [0.15, 0.2) is 102 Å². The summed E-state index contributed by atoms with van der Waals surface area (Å²) in [6, 6.07) is 16.3. The third-order valence-corrected chi connectivity index (χ3v) is 14.4. The van der Waals surface area contributed by atoms with Crippen molar-refractivity contribution >= 4 is 29.5 Å². The topological polar surface area (TPSA) is 182 Å². The molecule has 396 valence electrons. The van der Waals surface area contributed by atoms with E-state index in [4.69, 9.17) is 24.2 Å². The largest absolute Gasteiger partial charge is 0.459 e. The molecule has 3 N–H and O–H groups in total. The Morgan fingerprint density at radius 3 is 2.26 bits per heavy atom. The number of nitrogens with zero attached hydrogens (tertiary/aromatic N) is 3. The van der Waals surface area contributed by atoms with Crippen molar-refractivity contribution in [1.29, 1.82) is 0 Å². The van der Waals surface area contributed by atoms with Crippen LogP contribution in [0.5, 0.6) is 11.5 Å². The molecule has 3 aliphatic rings. The Hall–Kier alpha value is -5.90. The van der Waals surface area contributed by atoms with E-state index in [1.807, 2.05) is 13.0 Å². The number of aliphatic hydroxyl groups is 2. The minimum Gasteiger partial charge on any atom is -0.459 e. The van der Waals surface area contributed by atoms with Gasteiger partial charge in [-0.2, -0.15) is 0 Å². The third kappa shape index (κ3) is 15.3. The summed E-state index contributed by atoms with van der Waals surface area (Å²) in [6.07, 6.45) is 22.4. The lowest BCUT2D eigenvalue weighted by molar-refractivity contribution is -0.384. The van der Waals surface area contributed by atoms with Crippen LogP contribution in [0.2, 0.25) is 0 Å². The first kappa shape index (κ1) is 56.4. The minimum atomic E-state index is -1.60. The van der Waals surface area contributed by atoms with Crippen molar-refractivity contribution in [2.24, 2.45) is 22.9 Å². The molecule has 15 heteroatoms. The number of carbonyl (C=O) groups excluding carboxylic acids is 2. The maximum atomic E-state index is 15.1. The van der Waals surface area contributed by atoms with Gasteiger partial charge in [0.25, 0.3) is 5.69 Å². The molecule has 0 aromatic heterocycles. The van der Waals surface area contributed by atoms with Crippen molar-refractivity contribution in [2.75, 3.05) is 33.0 Å². The van der Waals surface area contributed by atoms with Gasteiger partial charge in [0.2, 0.25) is 11.7 Å². The molecule has 1 saturated carbocycles. The predicted molar refractivity (Wildman–Crippen MR) is 282 cm³/mol. The zero-order chi connectivity index (χ0) is 52.0. The third-order valence-electron chi connectivity index (χ3n) is 14.4. The van der Waals surface area contributed by atoms with Gasteiger partial charge in [-0.3, -0.25) is 14.9 Å². The van der Waals surface area contributed by atoms with Crippen LogP contribution in [0.25, 0.3) is 6.08 Å². The lowest BCUT2D eigenvalue weighted by atomic mass is 9.55. The smallest absolute Gasteiger partial charge is 0.412 e. The molecular weight excluding hydrogens is 932 g/mol. The number of nitro benzene ring substituents is 1. The Morgan fingerprint density at radius 2 is 1.60 bits per heavy atom. The number of nitrogens with one attached hydrogen (secondary N) is 1. The average molecular weight is 1010 g/mol. The number of unbranched alkanes of at least 4 members (excludes halogenated alkanes) is 11. The predicted octanol–water partition coefficient (Wildman–Crippen LogP) is 12.1. The van der Waals surface area contributed by atoms with Crippen LogP contribution >= 0.6 is 0 Å². The van der Waals surface area contributed by atoms with Gasteiger partial charge in [-0.15, -0.1) is 6.58 Å². The fourth-order valence-electron chi connectivity index (χ4n) is 10.9. The number of hydrogen-bond acceptors (Lipinski definition) is 11. The van der Waals surface area contributed by atoms with Gasteiger partial charge in [-0.1, -0.05) is 107 Å². The van der Waals surface area contributed by atoms with Gasteiger partial charge in [0.1, 0.15) is 30.0 Å². The van der Waals surface area contributed by atoms with Gasteiger partial charge in [-0.05, 0) is 116 Å². The van der Waals surface area contributed by atoms with Gasteiger partial charge < -0.3 is 39.5 Å². The van der Waals surface area contributed by atoms with E-state index in [1.165, 1.54) is 75.3 Å². The summed E-state index contributed by atoms with van der Waals surface area (Å²) in [5.41, 5.74) is 3.34. The molecule has 1 fully saturated rings. The van der Waals surface area contributed by atoms with E-state index in [0.717, 1.165) is 43.2 Å². The number of fused-ring (bicyclic) bond motifs is 2. The monoisotopic (exact) mass is 1010 g/mol. The number of halogens is 1. The number of carbonyl (C=O) groups is 2. The van der Waals surface area contributed by atoms with Crippen molar-refractivity contribution in [1.82, 2.24) is 10.2 Å². The molecule has 0 bridgehead atoms. The number of rotatable bonds is 31. The average Bonchev–Trinajstić information content (AvgIpc) is 3.39. The second-order valence-electron chi connectivity index (χ2n) is 19.5. The first-order valence-corrected chi connectivity index (χ1v) is 26.7. The van der Waals surface area contributed by atoms with Crippen LogP contribution in [-0.4, -0.2) is 82.5 Å². The SMILES string of the molecule is C=CCOC12Oc3ccc(OC(=O)NCCCCCCCCCCCC)cc3C3C(CCCCO)C(CCCCO)C=C(C(=NOCC)CC1N(Cc1ccc(F)cc1)C(=O)C=Cc1ccc([N+](=O)[O-])cc1)C32. The van der Waals surface area contributed by atoms with E-state index in [0.29, 0.717) is 60.6 Å². The molecule has 0 radical (unpaired) electrons. The Bertz CT molecular complexity index is 2340. The van der Waals surface area contributed by atoms with Gasteiger partial charge in [0.05, 0.1) is 23.2 Å². The molecule has 6 rings (SSSR count). The highest BCUT2D eigenvalue weighted by atomic mass is 19.1. The molecule has 1 aliphatic heterocycles. The summed E-state index contributed by atoms with van der Waals surface area (Å²) < 4.78 is 34.9. The molecule has 6 unspecified atom stereocenters. The molecule has 6 atom stereocenters. The lowest BCUT2D eigenvalue weighted by Gasteiger charge is -2.60. The second kappa shape index (κ2) is 29.1. The first-order chi connectivity index (χ1) is 35.6. The fourth-order valence-corrected chi connectivity index (χ4v) is 10.9. The zero-order valence-corrected chi connectivity index (χ0v) is 42.9. The van der Waals surface area contributed by atoms with Gasteiger partial charge in [0.15, 0.2) is 0 Å². The molecule has 14 nitrogen and oxygen atoms in total. The first-order valence-electron chi connectivity index (χ1n) is 26.7. The fraction of sp³-hybridized carbons (Fsp3) is 0.534. The Morgan fingerprint density at radius 1 is 0.918 bits per heavy atom. The molecule has 3 aromatic carbocycles. The van der Waals surface area contributed by atoms with Crippen molar-refractivity contribution in [3.8, 4) is 11.5 Å². The number of allylic oxidation sites excluding steroid dienone is 1. The number of non-ortho nitro benzene ring substituents is 1. The standard InChI is InChI=1S/C58H77FN4O10/c1-4-7-8-9-10-11-12-13-14-17-34-60-57(67)72-47-31-32-52-50(39-47)55-48(21-16-19-36-65)44(20-15-18-35-64)38-49-51(61-71-6-3)40-53(58(73-52,56(49)55)70-37-5-2)62(41-43-22-27-45(59)28-23-43)54(66)33-26-42-24-29-46(30-25-42)63(68)69/h5,22-33,38-39,44,48,53,55-56,64-65H,2,4,6-21,34-37,40-41H2,1,3H3,(H,60,67). The van der Waals surface area contributed by atoms with E-state index in [9.17, 15) is 29.5 Å². The Kier molecular flexibility index (Phi) is 22.5. The number of oxime groups is 1. The summed E-state index contributed by atoms with van der Waals surface area (Å²) in [5.74, 6) is -2.76. The molecular formula is C58H77FN4O10. The van der Waals surface area contributed by atoms with Crippen LogP contribution in [0.4, 0.5) is 14.9 Å². The number of amides is 2. The van der Waals surface area contributed by atoms with Gasteiger partial charge in [0, 0.05) is 62.4 Å². The van der Waals surface area contributed by atoms with Crippen molar-refractivity contribution < 1.29 is 48.2 Å². The Labute approximate surface area is 430 Å². The van der Waals surface area contributed by atoms with Gasteiger partial charge >= 0.3 is 6.09 Å². The van der Waals surface area contributed by atoms with E-state index in [1.54, 1.807) is 53.5 Å². The number of benzene rings is 3.